The minimum atomic E-state index is -0.307. The Kier molecular flexibility index (Phi) is 3.18. The van der Waals surface area contributed by atoms with Crippen molar-refractivity contribution in [3.05, 3.63) is 56.7 Å². The van der Waals surface area contributed by atoms with Gasteiger partial charge in [-0.25, -0.2) is 4.79 Å². The topological polar surface area (TPSA) is 38.3 Å². The zero-order valence-corrected chi connectivity index (χ0v) is 12.5. The highest BCUT2D eigenvalue weighted by Gasteiger charge is 2.22. The molecule has 96 valence electrons. The first-order chi connectivity index (χ1) is 9.20. The smallest absolute Gasteiger partial charge is 0.339 e. The lowest BCUT2D eigenvalue weighted by atomic mass is 9.95. The van der Waals surface area contributed by atoms with Gasteiger partial charge in [0.1, 0.15) is 0 Å². The highest BCUT2D eigenvalue weighted by molar-refractivity contribution is 14.1. The predicted molar refractivity (Wildman–Crippen MR) is 83.0 cm³/mol. The maximum absolute atomic E-state index is 11.8. The lowest BCUT2D eigenvalue weighted by molar-refractivity contribution is 0.0602. The summed E-state index contributed by atoms with van der Waals surface area (Å²) in [5, 5.41) is 3.38. The van der Waals surface area contributed by atoms with E-state index in [2.05, 4.69) is 46.1 Å². The molecule has 4 heteroatoms. The summed E-state index contributed by atoms with van der Waals surface area (Å²) < 4.78 is 5.99. The van der Waals surface area contributed by atoms with E-state index in [0.717, 1.165) is 26.9 Å². The summed E-state index contributed by atoms with van der Waals surface area (Å²) in [6, 6.07) is 11.9. The number of para-hydroxylation sites is 2. The van der Waals surface area contributed by atoms with Gasteiger partial charge in [0.05, 0.1) is 24.0 Å². The van der Waals surface area contributed by atoms with Crippen molar-refractivity contribution in [2.75, 3.05) is 12.4 Å². The van der Waals surface area contributed by atoms with Gasteiger partial charge in [-0.15, -0.1) is 0 Å². The lowest BCUT2D eigenvalue weighted by Crippen LogP contribution is -2.13. The number of ether oxygens (including phenoxy) is 1. The Morgan fingerprint density at radius 3 is 2.58 bits per heavy atom. The molecule has 3 nitrogen and oxygen atoms in total. The Morgan fingerprint density at radius 2 is 1.84 bits per heavy atom. The molecule has 0 atom stereocenters. The van der Waals surface area contributed by atoms with Crippen molar-refractivity contribution in [3.8, 4) is 0 Å². The van der Waals surface area contributed by atoms with Crippen LogP contribution < -0.4 is 5.32 Å². The molecule has 0 radical (unpaired) electrons. The predicted octanol–water partition coefficient (Wildman–Crippen LogP) is 3.73. The van der Waals surface area contributed by atoms with E-state index in [1.54, 1.807) is 6.07 Å². The second-order valence-corrected chi connectivity index (χ2v) is 5.57. The Bertz CT molecular complexity index is 667. The highest BCUT2D eigenvalue weighted by atomic mass is 127. The van der Waals surface area contributed by atoms with Crippen LogP contribution in [0.3, 0.4) is 0 Å². The molecule has 0 aliphatic carbocycles. The number of anilines is 2. The van der Waals surface area contributed by atoms with E-state index in [1.165, 1.54) is 12.7 Å². The zero-order chi connectivity index (χ0) is 13.4. The molecule has 2 aromatic rings. The molecule has 0 amide bonds. The van der Waals surface area contributed by atoms with Gasteiger partial charge >= 0.3 is 5.97 Å². The van der Waals surface area contributed by atoms with Gasteiger partial charge < -0.3 is 10.1 Å². The molecule has 0 saturated heterocycles. The molecule has 1 N–H and O–H groups in total. The molecular formula is C15H12INO2. The number of rotatable bonds is 1. The first kappa shape index (κ1) is 12.5. The van der Waals surface area contributed by atoms with Crippen LogP contribution in [0.25, 0.3) is 0 Å². The Morgan fingerprint density at radius 1 is 1.16 bits per heavy atom. The van der Waals surface area contributed by atoms with Crippen molar-refractivity contribution < 1.29 is 9.53 Å². The van der Waals surface area contributed by atoms with Crippen LogP contribution in [0.4, 0.5) is 11.4 Å². The van der Waals surface area contributed by atoms with E-state index >= 15 is 0 Å². The first-order valence-corrected chi connectivity index (χ1v) is 7.03. The number of carbonyl (C=O) groups is 1. The molecule has 2 aromatic carbocycles. The maximum Gasteiger partial charge on any atom is 0.339 e. The number of hydrogen-bond donors (Lipinski definition) is 1. The van der Waals surface area contributed by atoms with Crippen molar-refractivity contribution in [3.63, 3.8) is 0 Å². The molecule has 3 rings (SSSR count). The van der Waals surface area contributed by atoms with E-state index in [-0.39, 0.29) is 5.97 Å². The molecule has 0 unspecified atom stereocenters. The molecule has 1 aliphatic heterocycles. The van der Waals surface area contributed by atoms with Gasteiger partial charge in [-0.3, -0.25) is 0 Å². The molecule has 0 fully saturated rings. The minimum absolute atomic E-state index is 0.307. The molecule has 0 bridgehead atoms. The fraction of sp³-hybridized carbons (Fsp3) is 0.133. The van der Waals surface area contributed by atoms with Crippen LogP contribution in [-0.2, 0) is 11.2 Å². The lowest BCUT2D eigenvalue weighted by Gasteiger charge is -2.24. The normalized spacial score (nSPS) is 12.1. The van der Waals surface area contributed by atoms with E-state index in [0.29, 0.717) is 5.56 Å². The number of carbonyl (C=O) groups excluding carboxylic acids is 1. The van der Waals surface area contributed by atoms with Gasteiger partial charge in [-0.05, 0) is 45.9 Å². The molecule has 0 spiro atoms. The third kappa shape index (κ3) is 2.10. The van der Waals surface area contributed by atoms with Gasteiger partial charge in [0.25, 0.3) is 0 Å². The van der Waals surface area contributed by atoms with Crippen LogP contribution in [0.15, 0.2) is 36.4 Å². The summed E-state index contributed by atoms with van der Waals surface area (Å²) in [6.45, 7) is 0. The molecule has 1 heterocycles. The van der Waals surface area contributed by atoms with Crippen LogP contribution in [0.1, 0.15) is 21.5 Å². The Hall–Kier alpha value is -1.56. The van der Waals surface area contributed by atoms with E-state index in [1.807, 2.05) is 12.1 Å². The number of fused-ring (bicyclic) bond motifs is 2. The van der Waals surface area contributed by atoms with Crippen molar-refractivity contribution in [1.29, 1.82) is 0 Å². The number of methoxy groups -OCH3 is 1. The van der Waals surface area contributed by atoms with Crippen LogP contribution in [0, 0.1) is 3.57 Å². The Balaban J connectivity index is 2.13. The van der Waals surface area contributed by atoms with E-state index in [4.69, 9.17) is 4.74 Å². The zero-order valence-electron chi connectivity index (χ0n) is 10.4. The van der Waals surface area contributed by atoms with Crippen molar-refractivity contribution in [2.24, 2.45) is 0 Å². The third-order valence-corrected chi connectivity index (χ3v) is 4.19. The van der Waals surface area contributed by atoms with Crippen LogP contribution in [0.2, 0.25) is 0 Å². The molecule has 1 aliphatic rings. The molecule has 0 saturated carbocycles. The SMILES string of the molecule is COC(=O)c1cccc2c1Nc1c(I)cccc1C2. The largest absolute Gasteiger partial charge is 0.465 e. The quantitative estimate of drug-likeness (QED) is 0.528. The van der Waals surface area contributed by atoms with Crippen molar-refractivity contribution in [2.45, 2.75) is 6.42 Å². The number of halogens is 1. The number of hydrogen-bond acceptors (Lipinski definition) is 3. The highest BCUT2D eigenvalue weighted by Crippen LogP contribution is 2.37. The summed E-state index contributed by atoms with van der Waals surface area (Å²) in [4.78, 5) is 11.8. The number of esters is 1. The van der Waals surface area contributed by atoms with Crippen LogP contribution >= 0.6 is 22.6 Å². The van der Waals surface area contributed by atoms with Gasteiger partial charge in [-0.2, -0.15) is 0 Å². The summed E-state index contributed by atoms with van der Waals surface area (Å²) in [5.41, 5.74) is 4.92. The van der Waals surface area contributed by atoms with Gasteiger partial charge in [0.2, 0.25) is 0 Å². The fourth-order valence-corrected chi connectivity index (χ4v) is 3.05. The summed E-state index contributed by atoms with van der Waals surface area (Å²) in [6.07, 6.45) is 0.833. The molecule has 0 aromatic heterocycles. The van der Waals surface area contributed by atoms with E-state index < -0.39 is 0 Å². The third-order valence-electron chi connectivity index (χ3n) is 3.29. The Labute approximate surface area is 125 Å². The van der Waals surface area contributed by atoms with E-state index in [9.17, 15) is 4.79 Å². The second-order valence-electron chi connectivity index (χ2n) is 4.41. The second kappa shape index (κ2) is 4.85. The van der Waals surface area contributed by atoms with Gasteiger partial charge in [0, 0.05) is 9.99 Å². The summed E-state index contributed by atoms with van der Waals surface area (Å²) in [7, 11) is 1.41. The van der Waals surface area contributed by atoms with Crippen LogP contribution in [-0.4, -0.2) is 13.1 Å². The average molecular weight is 365 g/mol. The molecule has 19 heavy (non-hydrogen) atoms. The van der Waals surface area contributed by atoms with Crippen LogP contribution in [0.5, 0.6) is 0 Å². The standard InChI is InChI=1S/C15H12INO2/c1-19-15(18)11-6-2-4-9-8-10-5-3-7-12(16)14(10)17-13(9)11/h2-7,17H,8H2,1H3. The summed E-state index contributed by atoms with van der Waals surface area (Å²) >= 11 is 2.30. The first-order valence-electron chi connectivity index (χ1n) is 5.95. The van der Waals surface area contributed by atoms with Crippen molar-refractivity contribution >= 4 is 39.9 Å². The van der Waals surface area contributed by atoms with Gasteiger partial charge in [-0.1, -0.05) is 24.3 Å². The summed E-state index contributed by atoms with van der Waals surface area (Å²) in [5.74, 6) is -0.307. The van der Waals surface area contributed by atoms with Crippen molar-refractivity contribution in [1.82, 2.24) is 0 Å². The minimum Gasteiger partial charge on any atom is -0.465 e. The number of nitrogens with one attached hydrogen (secondary N) is 1. The fourth-order valence-electron chi connectivity index (χ4n) is 2.36. The number of benzene rings is 2. The van der Waals surface area contributed by atoms with Gasteiger partial charge in [0.15, 0.2) is 0 Å². The maximum atomic E-state index is 11.8. The monoisotopic (exact) mass is 365 g/mol. The molecular weight excluding hydrogens is 353 g/mol. The average Bonchev–Trinajstić information content (AvgIpc) is 2.44.